The van der Waals surface area contributed by atoms with Gasteiger partial charge in [0.05, 0.1) is 5.02 Å². The van der Waals surface area contributed by atoms with Gasteiger partial charge in [-0.3, -0.25) is 4.90 Å². The van der Waals surface area contributed by atoms with Crippen LogP contribution in [0.1, 0.15) is 42.0 Å². The minimum atomic E-state index is 0.172. The molecule has 2 aliphatic rings. The maximum Gasteiger partial charge on any atom is 0.134 e. The molecule has 120 valence electrons. The Balaban J connectivity index is 1.86. The molecule has 2 aromatic rings. The van der Waals surface area contributed by atoms with Crippen molar-refractivity contribution in [3.8, 4) is 5.75 Å². The fraction of sp³-hybridized carbons (Fsp3) is 0.400. The Bertz CT molecular complexity index is 724. The van der Waals surface area contributed by atoms with E-state index < -0.39 is 0 Å². The highest BCUT2D eigenvalue weighted by molar-refractivity contribution is 6.32. The Morgan fingerprint density at radius 3 is 2.57 bits per heavy atom. The highest BCUT2D eigenvalue weighted by Gasteiger charge is 2.49. The van der Waals surface area contributed by atoms with E-state index in [-0.39, 0.29) is 11.2 Å². The highest BCUT2D eigenvalue weighted by Crippen LogP contribution is 2.56. The molecular formula is C20H22ClNO. The third kappa shape index (κ3) is 2.28. The first-order chi connectivity index (χ1) is 11.1. The van der Waals surface area contributed by atoms with Gasteiger partial charge in [0.2, 0.25) is 0 Å². The van der Waals surface area contributed by atoms with E-state index in [2.05, 4.69) is 42.3 Å². The normalized spacial score (nSPS) is 23.1. The van der Waals surface area contributed by atoms with Crippen molar-refractivity contribution < 1.29 is 5.11 Å². The molecule has 1 aliphatic carbocycles. The van der Waals surface area contributed by atoms with Crippen LogP contribution < -0.4 is 0 Å². The maximum absolute atomic E-state index is 9.97. The average Bonchev–Trinajstić information content (AvgIpc) is 2.51. The molecule has 0 aromatic heterocycles. The van der Waals surface area contributed by atoms with Crippen LogP contribution in [-0.2, 0) is 11.8 Å². The highest BCUT2D eigenvalue weighted by atomic mass is 35.5. The number of nitrogens with zero attached hydrogens (tertiary/aromatic N) is 1. The summed E-state index contributed by atoms with van der Waals surface area (Å²) in [5.41, 5.74) is 4.15. The van der Waals surface area contributed by atoms with E-state index in [4.69, 9.17) is 11.6 Å². The second-order valence-corrected chi connectivity index (χ2v) is 7.42. The average molecular weight is 328 g/mol. The van der Waals surface area contributed by atoms with E-state index in [1.807, 2.05) is 12.1 Å². The molecule has 0 amide bonds. The molecule has 1 unspecified atom stereocenters. The molecule has 1 N–H and O–H groups in total. The lowest BCUT2D eigenvalue weighted by Crippen LogP contribution is -2.49. The number of hydrogen-bond acceptors (Lipinski definition) is 2. The Kier molecular flexibility index (Phi) is 3.62. The fourth-order valence-electron chi connectivity index (χ4n) is 4.52. The summed E-state index contributed by atoms with van der Waals surface area (Å²) in [7, 11) is 2.22. The third-order valence-electron chi connectivity index (χ3n) is 5.80. The topological polar surface area (TPSA) is 23.5 Å². The molecule has 2 nitrogen and oxygen atoms in total. The summed E-state index contributed by atoms with van der Waals surface area (Å²) in [6, 6.07) is 15.1. The molecule has 1 heterocycles. The van der Waals surface area contributed by atoms with Crippen molar-refractivity contribution in [1.82, 2.24) is 4.90 Å². The molecule has 1 atom stereocenters. The standard InChI is InChI=1S/C20H22ClNO/c1-22-11-8-14-12-18(23)17(21)13-16(14)19(22)20(9-5-10-20)15-6-3-2-4-7-15/h2-4,6-7,12-13,19,23H,5,8-11H2,1H3. The van der Waals surface area contributed by atoms with Gasteiger partial charge >= 0.3 is 0 Å². The van der Waals surface area contributed by atoms with Crippen molar-refractivity contribution >= 4 is 11.6 Å². The van der Waals surface area contributed by atoms with Crippen LogP contribution in [-0.4, -0.2) is 23.6 Å². The monoisotopic (exact) mass is 327 g/mol. The minimum Gasteiger partial charge on any atom is -0.506 e. The van der Waals surface area contributed by atoms with Gasteiger partial charge in [0.1, 0.15) is 5.75 Å². The summed E-state index contributed by atoms with van der Waals surface area (Å²) in [6.07, 6.45) is 4.67. The van der Waals surface area contributed by atoms with E-state index in [1.54, 1.807) is 0 Å². The maximum atomic E-state index is 9.97. The summed E-state index contributed by atoms with van der Waals surface area (Å²) in [4.78, 5) is 2.47. The second-order valence-electron chi connectivity index (χ2n) is 7.01. The van der Waals surface area contributed by atoms with Gasteiger partial charge in [-0.15, -0.1) is 0 Å². The van der Waals surface area contributed by atoms with Crippen LogP contribution in [0.5, 0.6) is 5.75 Å². The molecule has 1 aliphatic heterocycles. The van der Waals surface area contributed by atoms with Crippen LogP contribution in [0, 0.1) is 0 Å². The fourth-order valence-corrected chi connectivity index (χ4v) is 4.69. The number of aromatic hydroxyl groups is 1. The SMILES string of the molecule is CN1CCc2cc(O)c(Cl)cc2C1C1(c2ccccc2)CCC1. The van der Waals surface area contributed by atoms with Crippen molar-refractivity contribution in [2.24, 2.45) is 0 Å². The van der Waals surface area contributed by atoms with Crippen LogP contribution in [0.4, 0.5) is 0 Å². The van der Waals surface area contributed by atoms with Gasteiger partial charge in [0.15, 0.2) is 0 Å². The first kappa shape index (κ1) is 15.0. The van der Waals surface area contributed by atoms with Crippen molar-refractivity contribution in [2.75, 3.05) is 13.6 Å². The Labute approximate surface area is 142 Å². The summed E-state index contributed by atoms with van der Waals surface area (Å²) < 4.78 is 0. The van der Waals surface area contributed by atoms with Gasteiger partial charge in [-0.25, -0.2) is 0 Å². The number of fused-ring (bicyclic) bond motifs is 1. The first-order valence-corrected chi connectivity index (χ1v) is 8.77. The van der Waals surface area contributed by atoms with E-state index in [0.717, 1.165) is 13.0 Å². The van der Waals surface area contributed by atoms with E-state index >= 15 is 0 Å². The number of halogens is 1. The van der Waals surface area contributed by atoms with Crippen LogP contribution in [0.3, 0.4) is 0 Å². The van der Waals surface area contributed by atoms with Gasteiger partial charge in [-0.1, -0.05) is 48.4 Å². The van der Waals surface area contributed by atoms with E-state index in [0.29, 0.717) is 11.1 Å². The van der Waals surface area contributed by atoms with Crippen molar-refractivity contribution in [3.05, 3.63) is 64.2 Å². The zero-order valence-electron chi connectivity index (χ0n) is 13.4. The quantitative estimate of drug-likeness (QED) is 0.864. The van der Waals surface area contributed by atoms with Gasteiger partial charge in [-0.2, -0.15) is 0 Å². The van der Waals surface area contributed by atoms with Gasteiger partial charge in [-0.05, 0) is 55.1 Å². The third-order valence-corrected chi connectivity index (χ3v) is 6.10. The van der Waals surface area contributed by atoms with Crippen molar-refractivity contribution in [2.45, 2.75) is 37.1 Å². The van der Waals surface area contributed by atoms with Crippen molar-refractivity contribution in [1.29, 1.82) is 0 Å². The molecule has 2 aromatic carbocycles. The predicted molar refractivity (Wildman–Crippen MR) is 94.2 cm³/mol. The number of benzene rings is 2. The summed E-state index contributed by atoms with van der Waals surface area (Å²) in [6.45, 7) is 1.02. The van der Waals surface area contributed by atoms with Crippen LogP contribution in [0.2, 0.25) is 5.02 Å². The lowest BCUT2D eigenvalue weighted by molar-refractivity contribution is 0.0717. The molecule has 1 fully saturated rings. The minimum absolute atomic E-state index is 0.172. The Morgan fingerprint density at radius 2 is 1.91 bits per heavy atom. The number of phenolic OH excluding ortho intramolecular Hbond substituents is 1. The molecule has 1 saturated carbocycles. The molecule has 0 saturated heterocycles. The zero-order valence-corrected chi connectivity index (χ0v) is 14.2. The van der Waals surface area contributed by atoms with E-state index in [1.165, 1.54) is 36.0 Å². The number of hydrogen-bond donors (Lipinski definition) is 1. The molecule has 23 heavy (non-hydrogen) atoms. The van der Waals surface area contributed by atoms with Crippen molar-refractivity contribution in [3.63, 3.8) is 0 Å². The Hall–Kier alpha value is -1.51. The number of likely N-dealkylation sites (N-methyl/N-ethyl adjacent to an activating group) is 1. The van der Waals surface area contributed by atoms with Gasteiger partial charge < -0.3 is 5.11 Å². The molecule has 0 spiro atoms. The first-order valence-electron chi connectivity index (χ1n) is 8.39. The zero-order chi connectivity index (χ0) is 16.0. The molecule has 4 rings (SSSR count). The lowest BCUT2D eigenvalue weighted by atomic mass is 9.57. The largest absolute Gasteiger partial charge is 0.506 e. The van der Waals surface area contributed by atoms with Crippen LogP contribution in [0.25, 0.3) is 0 Å². The number of rotatable bonds is 2. The summed E-state index contributed by atoms with van der Waals surface area (Å²) in [5, 5.41) is 10.4. The molecular weight excluding hydrogens is 306 g/mol. The summed E-state index contributed by atoms with van der Waals surface area (Å²) >= 11 is 6.25. The Morgan fingerprint density at radius 1 is 1.17 bits per heavy atom. The smallest absolute Gasteiger partial charge is 0.134 e. The van der Waals surface area contributed by atoms with Crippen LogP contribution >= 0.6 is 11.6 Å². The van der Waals surface area contributed by atoms with Gasteiger partial charge in [0.25, 0.3) is 0 Å². The summed E-state index contributed by atoms with van der Waals surface area (Å²) in [5.74, 6) is 0.205. The molecule has 0 bridgehead atoms. The number of phenols is 1. The van der Waals surface area contributed by atoms with E-state index in [9.17, 15) is 5.11 Å². The van der Waals surface area contributed by atoms with Crippen LogP contribution in [0.15, 0.2) is 42.5 Å². The predicted octanol–water partition coefficient (Wildman–Crippen LogP) is 4.70. The second kappa shape index (κ2) is 5.54. The van der Waals surface area contributed by atoms with Gasteiger partial charge in [0, 0.05) is 18.0 Å². The molecule has 0 radical (unpaired) electrons. The molecule has 3 heteroatoms. The lowest BCUT2D eigenvalue weighted by Gasteiger charge is -2.53.